The quantitative estimate of drug-likeness (QED) is 0.505. The van der Waals surface area contributed by atoms with Crippen LogP contribution in [0.1, 0.15) is 20.9 Å². The van der Waals surface area contributed by atoms with Gasteiger partial charge in [0.25, 0.3) is 15.9 Å². The summed E-state index contributed by atoms with van der Waals surface area (Å²) in [6.45, 7) is 1.87. The van der Waals surface area contributed by atoms with Crippen molar-refractivity contribution in [1.29, 1.82) is 0 Å². The number of furan rings is 1. The highest BCUT2D eigenvalue weighted by molar-refractivity contribution is 7.90. The molecule has 6 nitrogen and oxygen atoms in total. The maximum absolute atomic E-state index is 12.7. The minimum atomic E-state index is -3.85. The van der Waals surface area contributed by atoms with Crippen LogP contribution in [0.2, 0.25) is 0 Å². The Bertz CT molecular complexity index is 1350. The average molecular weight is 410 g/mol. The van der Waals surface area contributed by atoms with Crippen molar-refractivity contribution >= 4 is 38.2 Å². The second-order valence-electron chi connectivity index (χ2n) is 6.49. The Balaban J connectivity index is 1.49. The lowest BCUT2D eigenvalue weighted by atomic mass is 10.1. The molecule has 0 spiro atoms. The van der Waals surface area contributed by atoms with E-state index < -0.39 is 15.9 Å². The summed E-state index contributed by atoms with van der Waals surface area (Å²) in [6, 6.07) is 14.0. The van der Waals surface area contributed by atoms with Crippen LogP contribution in [0.5, 0.6) is 0 Å². The van der Waals surface area contributed by atoms with Gasteiger partial charge in [-0.05, 0) is 25.1 Å². The first kappa shape index (κ1) is 17.2. The molecule has 0 radical (unpaired) electrons. The summed E-state index contributed by atoms with van der Waals surface area (Å²) >= 11 is 1.30. The van der Waals surface area contributed by atoms with Crippen molar-refractivity contribution in [3.8, 4) is 11.5 Å². The molecule has 0 atom stereocenters. The zero-order chi connectivity index (χ0) is 19.5. The second-order valence-corrected chi connectivity index (χ2v) is 9.27. The first-order valence-electron chi connectivity index (χ1n) is 8.56. The molecule has 5 rings (SSSR count). The number of hydrogen-bond acceptors (Lipinski definition) is 6. The van der Waals surface area contributed by atoms with Crippen molar-refractivity contribution < 1.29 is 17.6 Å². The largest absolute Gasteiger partial charge is 0.454 e. The highest BCUT2D eigenvalue weighted by atomic mass is 32.2. The number of carbonyl (C=O) groups is 1. The molecule has 28 heavy (non-hydrogen) atoms. The molecule has 0 saturated carbocycles. The Morgan fingerprint density at radius 1 is 1.11 bits per heavy atom. The van der Waals surface area contributed by atoms with Crippen LogP contribution < -0.4 is 0 Å². The van der Waals surface area contributed by atoms with Crippen LogP contribution in [-0.4, -0.2) is 23.6 Å². The number of nitrogens with zero attached hydrogens (tertiary/aromatic N) is 2. The summed E-state index contributed by atoms with van der Waals surface area (Å²) in [5, 5.41) is 3.36. The molecular formula is C20H14N2O4S2. The molecule has 8 heteroatoms. The fourth-order valence-corrected chi connectivity index (χ4v) is 5.79. The van der Waals surface area contributed by atoms with Crippen molar-refractivity contribution in [2.24, 2.45) is 0 Å². The molecule has 0 fully saturated rings. The molecule has 0 unspecified atom stereocenters. The summed E-state index contributed by atoms with van der Waals surface area (Å²) in [5.74, 6) is 0.134. The third-order valence-electron chi connectivity index (χ3n) is 4.82. The number of amides is 1. The van der Waals surface area contributed by atoms with Gasteiger partial charge in [-0.15, -0.1) is 11.3 Å². The maximum atomic E-state index is 12.7. The number of hydrogen-bond donors (Lipinski definition) is 0. The number of fused-ring (bicyclic) bond motifs is 2. The maximum Gasteiger partial charge on any atom is 0.269 e. The third kappa shape index (κ3) is 2.42. The molecule has 0 saturated heterocycles. The fraction of sp³-hybridized carbons (Fsp3) is 0.100. The standard InChI is InChI=1S/C20H14N2O4S2/c1-12-13-6-2-4-8-16(13)26-19(12)15-11-27-18(21-15)10-22-20(23)14-7-3-5-9-17(14)28(22,24)25/h2-9,11H,10H2,1H3. The van der Waals surface area contributed by atoms with Gasteiger partial charge in [0.1, 0.15) is 21.2 Å². The second kappa shape index (κ2) is 6.02. The average Bonchev–Trinajstić information content (AvgIpc) is 3.34. The van der Waals surface area contributed by atoms with Gasteiger partial charge in [0.15, 0.2) is 5.76 Å². The lowest BCUT2D eigenvalue weighted by Gasteiger charge is -2.12. The summed E-state index contributed by atoms with van der Waals surface area (Å²) in [6.07, 6.45) is 0. The van der Waals surface area contributed by atoms with E-state index in [0.717, 1.165) is 20.8 Å². The molecule has 1 aliphatic rings. The van der Waals surface area contributed by atoms with Gasteiger partial charge < -0.3 is 4.42 Å². The van der Waals surface area contributed by atoms with Crippen molar-refractivity contribution in [2.45, 2.75) is 18.4 Å². The van der Waals surface area contributed by atoms with Gasteiger partial charge in [-0.3, -0.25) is 4.79 Å². The molecular weight excluding hydrogens is 396 g/mol. The van der Waals surface area contributed by atoms with E-state index in [1.54, 1.807) is 12.1 Å². The van der Waals surface area contributed by atoms with Crippen LogP contribution in [0.15, 0.2) is 63.2 Å². The Hall–Kier alpha value is -2.97. The zero-order valence-corrected chi connectivity index (χ0v) is 16.4. The van der Waals surface area contributed by atoms with E-state index in [9.17, 15) is 13.2 Å². The topological polar surface area (TPSA) is 80.5 Å². The number of carbonyl (C=O) groups excluding carboxylic acids is 1. The zero-order valence-electron chi connectivity index (χ0n) is 14.7. The van der Waals surface area contributed by atoms with Crippen LogP contribution in [-0.2, 0) is 16.6 Å². The van der Waals surface area contributed by atoms with Crippen molar-refractivity contribution in [2.75, 3.05) is 0 Å². The number of rotatable bonds is 3. The van der Waals surface area contributed by atoms with E-state index >= 15 is 0 Å². The van der Waals surface area contributed by atoms with Gasteiger partial charge in [-0.25, -0.2) is 17.7 Å². The van der Waals surface area contributed by atoms with Crippen LogP contribution in [0, 0.1) is 6.92 Å². The number of benzene rings is 2. The minimum Gasteiger partial charge on any atom is -0.454 e. The molecule has 4 aromatic rings. The van der Waals surface area contributed by atoms with Crippen LogP contribution in [0.25, 0.3) is 22.4 Å². The molecule has 2 aromatic carbocycles. The number of aryl methyl sites for hydroxylation is 1. The van der Waals surface area contributed by atoms with Crippen LogP contribution in [0.4, 0.5) is 0 Å². The molecule has 1 amide bonds. The van der Waals surface area contributed by atoms with Crippen LogP contribution >= 0.6 is 11.3 Å². The summed E-state index contributed by atoms with van der Waals surface area (Å²) in [4.78, 5) is 17.1. The van der Waals surface area contributed by atoms with E-state index in [4.69, 9.17) is 4.42 Å². The van der Waals surface area contributed by atoms with Crippen molar-refractivity contribution in [3.05, 3.63) is 70.0 Å². The normalized spacial score (nSPS) is 15.3. The Kier molecular flexibility index (Phi) is 3.68. The molecule has 0 N–H and O–H groups in total. The Labute approximate surface area is 165 Å². The minimum absolute atomic E-state index is 0.0462. The number of aromatic nitrogens is 1. The highest BCUT2D eigenvalue weighted by Gasteiger charge is 2.41. The van der Waals surface area contributed by atoms with Crippen molar-refractivity contribution in [1.82, 2.24) is 9.29 Å². The third-order valence-corrected chi connectivity index (χ3v) is 7.44. The van der Waals surface area contributed by atoms with Gasteiger partial charge in [-0.1, -0.05) is 30.3 Å². The molecule has 0 aliphatic carbocycles. The van der Waals surface area contributed by atoms with E-state index in [0.29, 0.717) is 16.5 Å². The Morgan fingerprint density at radius 2 is 1.86 bits per heavy atom. The fourth-order valence-electron chi connectivity index (χ4n) is 3.42. The molecule has 2 aromatic heterocycles. The summed E-state index contributed by atoms with van der Waals surface area (Å²) in [7, 11) is -3.85. The highest BCUT2D eigenvalue weighted by Crippen LogP contribution is 2.35. The predicted molar refractivity (Wildman–Crippen MR) is 106 cm³/mol. The molecule has 1 aliphatic heterocycles. The van der Waals surface area contributed by atoms with E-state index in [1.807, 2.05) is 36.6 Å². The monoisotopic (exact) mass is 410 g/mol. The van der Waals surface area contributed by atoms with Gasteiger partial charge in [-0.2, -0.15) is 0 Å². The van der Waals surface area contributed by atoms with E-state index in [1.165, 1.54) is 23.5 Å². The lowest BCUT2D eigenvalue weighted by Crippen LogP contribution is -2.29. The van der Waals surface area contributed by atoms with Gasteiger partial charge >= 0.3 is 0 Å². The smallest absolute Gasteiger partial charge is 0.269 e. The number of para-hydroxylation sites is 1. The van der Waals surface area contributed by atoms with Gasteiger partial charge in [0.05, 0.1) is 12.1 Å². The van der Waals surface area contributed by atoms with Crippen molar-refractivity contribution in [3.63, 3.8) is 0 Å². The molecule has 140 valence electrons. The predicted octanol–water partition coefficient (Wildman–Crippen LogP) is 4.21. The first-order chi connectivity index (χ1) is 13.5. The first-order valence-corrected chi connectivity index (χ1v) is 10.9. The lowest BCUT2D eigenvalue weighted by molar-refractivity contribution is 0.0865. The number of thiazole rings is 1. The number of sulfonamides is 1. The van der Waals surface area contributed by atoms with Gasteiger partial charge in [0, 0.05) is 16.3 Å². The molecule has 3 heterocycles. The van der Waals surface area contributed by atoms with E-state index in [2.05, 4.69) is 4.98 Å². The molecule has 0 bridgehead atoms. The summed E-state index contributed by atoms with van der Waals surface area (Å²) < 4.78 is 32.2. The van der Waals surface area contributed by atoms with Gasteiger partial charge in [0.2, 0.25) is 0 Å². The van der Waals surface area contributed by atoms with E-state index in [-0.39, 0.29) is 17.0 Å². The van der Waals surface area contributed by atoms with Crippen LogP contribution in [0.3, 0.4) is 0 Å². The SMILES string of the molecule is Cc1c(-c2csc(CN3C(=O)c4ccccc4S3(=O)=O)n2)oc2ccccc12. The summed E-state index contributed by atoms with van der Waals surface area (Å²) in [5.41, 5.74) is 2.59. The Morgan fingerprint density at radius 3 is 2.64 bits per heavy atom.